The smallest absolute Gasteiger partial charge is 0.277 e. The zero-order chi connectivity index (χ0) is 18.5. The van der Waals surface area contributed by atoms with Gasteiger partial charge in [0.1, 0.15) is 28.2 Å². The third-order valence-corrected chi connectivity index (χ3v) is 4.48. The van der Waals surface area contributed by atoms with E-state index >= 15 is 0 Å². The molecule has 5 nitrogen and oxygen atoms in total. The van der Waals surface area contributed by atoms with Crippen molar-refractivity contribution in [2.45, 2.75) is 11.9 Å². The van der Waals surface area contributed by atoms with Crippen LogP contribution in [0.25, 0.3) is 17.1 Å². The molecule has 0 spiro atoms. The van der Waals surface area contributed by atoms with Crippen LogP contribution < -0.4 is 10.3 Å². The molecular weight excluding hydrogens is 346 g/mol. The van der Waals surface area contributed by atoms with Crippen LogP contribution in [0.15, 0.2) is 64.4 Å². The molecule has 3 rings (SSSR count). The fourth-order valence-corrected chi connectivity index (χ4v) is 3.14. The number of para-hydroxylation sites is 1. The lowest BCUT2D eigenvalue weighted by molar-refractivity contribution is 0.340. The van der Waals surface area contributed by atoms with E-state index < -0.39 is 0 Å². The summed E-state index contributed by atoms with van der Waals surface area (Å²) in [6, 6.07) is 18.6. The summed E-state index contributed by atoms with van der Waals surface area (Å²) in [6.45, 7) is 2.51. The van der Waals surface area contributed by atoms with Crippen LogP contribution in [0, 0.1) is 11.3 Å². The molecule has 0 saturated heterocycles. The summed E-state index contributed by atoms with van der Waals surface area (Å²) >= 11 is 1.29. The number of nitriles is 1. The molecule has 1 heterocycles. The Kier molecular flexibility index (Phi) is 5.40. The predicted molar refractivity (Wildman–Crippen MR) is 103 cm³/mol. The lowest BCUT2D eigenvalue weighted by Gasteiger charge is -2.15. The highest BCUT2D eigenvalue weighted by atomic mass is 32.2. The lowest BCUT2D eigenvalue weighted by Crippen LogP contribution is -2.25. The zero-order valence-electron chi connectivity index (χ0n) is 14.5. The van der Waals surface area contributed by atoms with Crippen LogP contribution in [0.4, 0.5) is 0 Å². The van der Waals surface area contributed by atoms with Crippen LogP contribution in [0.5, 0.6) is 5.75 Å². The number of ether oxygens (including phenoxy) is 1. The van der Waals surface area contributed by atoms with Crippen LogP contribution in [-0.4, -0.2) is 22.4 Å². The molecule has 0 radical (unpaired) electrons. The summed E-state index contributed by atoms with van der Waals surface area (Å²) in [5.74, 6) is 1.25. The molecule has 0 bridgehead atoms. The van der Waals surface area contributed by atoms with E-state index in [-0.39, 0.29) is 11.1 Å². The Bertz CT molecular complexity index is 1010. The molecule has 0 unspecified atom stereocenters. The van der Waals surface area contributed by atoms with Gasteiger partial charge in [0.25, 0.3) is 5.56 Å². The number of rotatable bonds is 5. The standard InChI is InChI=1S/C20H17N3O2S/c1-3-25-16-11-9-14(10-12-16)18-22-19(26-2)17(13-21)20(24)23(18)15-7-5-4-6-8-15/h4-12H,3H2,1-2H3. The monoisotopic (exact) mass is 363 g/mol. The fraction of sp³-hybridized carbons (Fsp3) is 0.150. The highest BCUT2D eigenvalue weighted by Gasteiger charge is 2.18. The summed E-state index contributed by atoms with van der Waals surface area (Å²) in [6.07, 6.45) is 1.80. The molecular formula is C20H17N3O2S. The predicted octanol–water partition coefficient (Wildman–Crippen LogP) is 3.89. The van der Waals surface area contributed by atoms with Gasteiger partial charge in [0.2, 0.25) is 0 Å². The van der Waals surface area contributed by atoms with Gasteiger partial charge in [0.15, 0.2) is 0 Å². The first kappa shape index (κ1) is 17.8. The van der Waals surface area contributed by atoms with Gasteiger partial charge < -0.3 is 4.74 Å². The van der Waals surface area contributed by atoms with E-state index in [4.69, 9.17) is 4.74 Å². The number of thioether (sulfide) groups is 1. The summed E-state index contributed by atoms with van der Waals surface area (Å²) in [7, 11) is 0. The quantitative estimate of drug-likeness (QED) is 0.508. The molecule has 0 amide bonds. The SMILES string of the molecule is CCOc1ccc(-c2nc(SC)c(C#N)c(=O)n2-c2ccccc2)cc1. The van der Waals surface area contributed by atoms with E-state index in [1.807, 2.05) is 67.6 Å². The maximum atomic E-state index is 13.0. The van der Waals surface area contributed by atoms with Gasteiger partial charge in [-0.25, -0.2) is 4.98 Å². The average Bonchev–Trinajstić information content (AvgIpc) is 2.68. The molecule has 0 aliphatic rings. The van der Waals surface area contributed by atoms with Crippen molar-refractivity contribution >= 4 is 11.8 Å². The van der Waals surface area contributed by atoms with Crippen LogP contribution >= 0.6 is 11.8 Å². The Labute approximate surface area is 155 Å². The van der Waals surface area contributed by atoms with Crippen molar-refractivity contribution in [3.8, 4) is 28.9 Å². The Morgan fingerprint density at radius 2 is 1.85 bits per heavy atom. The second kappa shape index (κ2) is 7.89. The van der Waals surface area contributed by atoms with Crippen LogP contribution in [0.1, 0.15) is 12.5 Å². The van der Waals surface area contributed by atoms with E-state index in [2.05, 4.69) is 4.98 Å². The van der Waals surface area contributed by atoms with E-state index in [1.165, 1.54) is 16.3 Å². The Morgan fingerprint density at radius 1 is 1.15 bits per heavy atom. The van der Waals surface area contributed by atoms with Crippen molar-refractivity contribution in [1.29, 1.82) is 5.26 Å². The van der Waals surface area contributed by atoms with Crippen molar-refractivity contribution in [3.05, 3.63) is 70.5 Å². The first-order chi connectivity index (χ1) is 12.7. The van der Waals surface area contributed by atoms with E-state index in [9.17, 15) is 10.1 Å². The number of aromatic nitrogens is 2. The number of hydrogen-bond acceptors (Lipinski definition) is 5. The number of benzene rings is 2. The topological polar surface area (TPSA) is 67.9 Å². The molecule has 0 atom stereocenters. The zero-order valence-corrected chi connectivity index (χ0v) is 15.3. The van der Waals surface area contributed by atoms with Crippen molar-refractivity contribution < 1.29 is 4.74 Å². The lowest BCUT2D eigenvalue weighted by atomic mass is 10.1. The third kappa shape index (κ3) is 3.35. The Balaban J connectivity index is 2.28. The van der Waals surface area contributed by atoms with Crippen molar-refractivity contribution in [2.75, 3.05) is 12.9 Å². The van der Waals surface area contributed by atoms with Gasteiger partial charge in [-0.15, -0.1) is 11.8 Å². The maximum Gasteiger partial charge on any atom is 0.277 e. The summed E-state index contributed by atoms with van der Waals surface area (Å²) in [5.41, 5.74) is 1.12. The highest BCUT2D eigenvalue weighted by Crippen LogP contribution is 2.25. The molecule has 0 N–H and O–H groups in total. The Hall–Kier alpha value is -3.04. The molecule has 6 heteroatoms. The largest absolute Gasteiger partial charge is 0.494 e. The second-order valence-electron chi connectivity index (χ2n) is 5.36. The van der Waals surface area contributed by atoms with Gasteiger partial charge in [0.05, 0.1) is 12.3 Å². The number of hydrogen-bond donors (Lipinski definition) is 0. The molecule has 0 saturated carbocycles. The van der Waals surface area contributed by atoms with Gasteiger partial charge in [0, 0.05) is 5.56 Å². The molecule has 0 aliphatic heterocycles. The van der Waals surface area contributed by atoms with E-state index in [0.29, 0.717) is 23.1 Å². The van der Waals surface area contributed by atoms with Crippen molar-refractivity contribution in [1.82, 2.24) is 9.55 Å². The van der Waals surface area contributed by atoms with Gasteiger partial charge in [-0.05, 0) is 49.6 Å². The van der Waals surface area contributed by atoms with Gasteiger partial charge in [-0.1, -0.05) is 18.2 Å². The molecule has 2 aromatic carbocycles. The highest BCUT2D eigenvalue weighted by molar-refractivity contribution is 7.98. The van der Waals surface area contributed by atoms with Crippen LogP contribution in [-0.2, 0) is 0 Å². The van der Waals surface area contributed by atoms with Crippen LogP contribution in [0.2, 0.25) is 0 Å². The minimum Gasteiger partial charge on any atom is -0.494 e. The minimum absolute atomic E-state index is 0.0519. The third-order valence-electron chi connectivity index (χ3n) is 3.79. The normalized spacial score (nSPS) is 10.3. The van der Waals surface area contributed by atoms with E-state index in [1.54, 1.807) is 6.26 Å². The molecule has 26 heavy (non-hydrogen) atoms. The number of nitrogens with zero attached hydrogens (tertiary/aromatic N) is 3. The molecule has 0 aliphatic carbocycles. The molecule has 3 aromatic rings. The van der Waals surface area contributed by atoms with Crippen molar-refractivity contribution in [3.63, 3.8) is 0 Å². The second-order valence-corrected chi connectivity index (χ2v) is 6.16. The van der Waals surface area contributed by atoms with Crippen LogP contribution in [0.3, 0.4) is 0 Å². The first-order valence-corrected chi connectivity index (χ1v) is 9.31. The average molecular weight is 363 g/mol. The van der Waals surface area contributed by atoms with Gasteiger partial charge >= 0.3 is 0 Å². The Morgan fingerprint density at radius 3 is 2.42 bits per heavy atom. The summed E-state index contributed by atoms with van der Waals surface area (Å²) in [5, 5.41) is 9.85. The minimum atomic E-state index is -0.373. The fourth-order valence-electron chi connectivity index (χ4n) is 2.62. The maximum absolute atomic E-state index is 13.0. The van der Waals surface area contributed by atoms with E-state index in [0.717, 1.165) is 11.3 Å². The molecule has 0 fully saturated rings. The molecule has 1 aromatic heterocycles. The van der Waals surface area contributed by atoms with Crippen molar-refractivity contribution in [2.24, 2.45) is 0 Å². The van der Waals surface area contributed by atoms with Gasteiger partial charge in [-0.3, -0.25) is 9.36 Å². The summed E-state index contributed by atoms with van der Waals surface area (Å²) in [4.78, 5) is 17.6. The summed E-state index contributed by atoms with van der Waals surface area (Å²) < 4.78 is 6.96. The first-order valence-electron chi connectivity index (χ1n) is 8.09. The van der Waals surface area contributed by atoms with Gasteiger partial charge in [-0.2, -0.15) is 5.26 Å². The molecule has 130 valence electrons.